The van der Waals surface area contributed by atoms with Crippen molar-refractivity contribution < 1.29 is 9.18 Å². The van der Waals surface area contributed by atoms with Gasteiger partial charge in [0.15, 0.2) is 0 Å². The molecule has 5 nitrogen and oxygen atoms in total. The molecule has 0 atom stereocenters. The highest BCUT2D eigenvalue weighted by Gasteiger charge is 2.13. The first-order valence-corrected chi connectivity index (χ1v) is 8.29. The van der Waals surface area contributed by atoms with E-state index in [4.69, 9.17) is 5.73 Å². The zero-order valence-electron chi connectivity index (χ0n) is 14.2. The van der Waals surface area contributed by atoms with Crippen LogP contribution in [0.4, 0.5) is 4.39 Å². The van der Waals surface area contributed by atoms with Crippen LogP contribution in [0.25, 0.3) is 27.9 Å². The maximum atomic E-state index is 13.3. The van der Waals surface area contributed by atoms with Crippen molar-refractivity contribution in [1.82, 2.24) is 14.8 Å². The van der Waals surface area contributed by atoms with Crippen LogP contribution < -0.4 is 5.73 Å². The zero-order valence-corrected chi connectivity index (χ0v) is 14.2. The van der Waals surface area contributed by atoms with E-state index in [9.17, 15) is 9.18 Å². The van der Waals surface area contributed by atoms with Crippen molar-refractivity contribution in [3.63, 3.8) is 0 Å². The highest BCUT2D eigenvalue weighted by atomic mass is 19.1. The molecule has 27 heavy (non-hydrogen) atoms. The molecule has 132 valence electrons. The van der Waals surface area contributed by atoms with E-state index >= 15 is 0 Å². The molecule has 0 radical (unpaired) electrons. The third-order valence-electron chi connectivity index (χ3n) is 4.25. The lowest BCUT2D eigenvalue weighted by atomic mass is 9.94. The van der Waals surface area contributed by atoms with Gasteiger partial charge in [-0.25, -0.2) is 14.1 Å². The van der Waals surface area contributed by atoms with E-state index in [-0.39, 0.29) is 11.6 Å². The number of amides is 1. The molecule has 0 aliphatic heterocycles. The van der Waals surface area contributed by atoms with E-state index in [2.05, 4.69) is 10.1 Å². The molecule has 0 saturated heterocycles. The van der Waals surface area contributed by atoms with Crippen molar-refractivity contribution in [1.29, 1.82) is 0 Å². The Morgan fingerprint density at radius 3 is 2.30 bits per heavy atom. The highest BCUT2D eigenvalue weighted by Crippen LogP contribution is 2.33. The Morgan fingerprint density at radius 2 is 1.59 bits per heavy atom. The van der Waals surface area contributed by atoms with Gasteiger partial charge in [0.1, 0.15) is 12.1 Å². The summed E-state index contributed by atoms with van der Waals surface area (Å²) in [5.74, 6) is -0.855. The predicted octanol–water partition coefficient (Wildman–Crippen LogP) is 3.84. The topological polar surface area (TPSA) is 73.8 Å². The van der Waals surface area contributed by atoms with E-state index in [0.717, 1.165) is 22.3 Å². The summed E-state index contributed by atoms with van der Waals surface area (Å²) < 4.78 is 14.7. The second-order valence-electron chi connectivity index (χ2n) is 5.96. The summed E-state index contributed by atoms with van der Waals surface area (Å²) in [5, 5.41) is 4.10. The van der Waals surface area contributed by atoms with Crippen LogP contribution in [0.15, 0.2) is 79.1 Å². The number of rotatable bonds is 4. The minimum atomic E-state index is -0.649. The minimum absolute atomic E-state index is 0.0685. The molecular formula is C21H15FN4O. The molecule has 0 fully saturated rings. The Hall–Kier alpha value is -3.80. The maximum Gasteiger partial charge on any atom is 0.286 e. The summed E-state index contributed by atoms with van der Waals surface area (Å²) in [7, 11) is 0. The van der Waals surface area contributed by atoms with Crippen LogP contribution in [-0.2, 0) is 0 Å². The molecular weight excluding hydrogens is 343 g/mol. The number of nitrogens with zero attached hydrogens (tertiary/aromatic N) is 3. The third-order valence-corrected chi connectivity index (χ3v) is 4.25. The van der Waals surface area contributed by atoms with Crippen molar-refractivity contribution in [2.75, 3.05) is 0 Å². The van der Waals surface area contributed by atoms with Crippen molar-refractivity contribution in [2.24, 2.45) is 5.73 Å². The second kappa shape index (κ2) is 6.84. The number of nitrogens with two attached hydrogens (primary N) is 1. The lowest BCUT2D eigenvalue weighted by Gasteiger charge is -2.12. The summed E-state index contributed by atoms with van der Waals surface area (Å²) in [6, 6.07) is 21.8. The number of aromatic nitrogens is 3. The van der Waals surface area contributed by atoms with Crippen LogP contribution in [0, 0.1) is 5.82 Å². The van der Waals surface area contributed by atoms with E-state index < -0.39 is 5.91 Å². The molecule has 1 amide bonds. The first-order chi connectivity index (χ1) is 13.1. The van der Waals surface area contributed by atoms with Crippen molar-refractivity contribution in [3.8, 4) is 27.9 Å². The summed E-state index contributed by atoms with van der Waals surface area (Å²) in [6.07, 6.45) is 1.29. The fourth-order valence-corrected chi connectivity index (χ4v) is 3.02. The summed E-state index contributed by atoms with van der Waals surface area (Å²) in [5.41, 5.74) is 9.83. The van der Waals surface area contributed by atoms with Gasteiger partial charge in [0.05, 0.1) is 5.69 Å². The fourth-order valence-electron chi connectivity index (χ4n) is 3.02. The Bertz CT molecular complexity index is 1120. The molecule has 0 aliphatic rings. The van der Waals surface area contributed by atoms with Crippen LogP contribution in [0.2, 0.25) is 0 Å². The molecule has 1 heterocycles. The Labute approximate surface area is 154 Å². The Balaban J connectivity index is 1.83. The normalized spacial score (nSPS) is 10.7. The number of benzene rings is 3. The first-order valence-electron chi connectivity index (χ1n) is 8.29. The van der Waals surface area contributed by atoms with Gasteiger partial charge in [0.2, 0.25) is 5.82 Å². The van der Waals surface area contributed by atoms with Crippen molar-refractivity contribution in [2.45, 2.75) is 0 Å². The van der Waals surface area contributed by atoms with Crippen LogP contribution in [0.1, 0.15) is 10.6 Å². The van der Waals surface area contributed by atoms with Gasteiger partial charge in [-0.05, 0) is 46.5 Å². The lowest BCUT2D eigenvalue weighted by molar-refractivity contribution is 0.0988. The van der Waals surface area contributed by atoms with E-state index in [1.807, 2.05) is 48.5 Å². The SMILES string of the molecule is NC(=O)c1ncnn1-c1cccc(-c2ccccc2-c2ccc(F)cc2)c1. The summed E-state index contributed by atoms with van der Waals surface area (Å²) in [4.78, 5) is 15.5. The molecule has 0 unspecified atom stereocenters. The first kappa shape index (κ1) is 16.7. The third kappa shape index (κ3) is 3.20. The number of hydrogen-bond donors (Lipinski definition) is 1. The minimum Gasteiger partial charge on any atom is -0.363 e. The smallest absolute Gasteiger partial charge is 0.286 e. The summed E-state index contributed by atoms with van der Waals surface area (Å²) >= 11 is 0. The standard InChI is InChI=1S/C21H15FN4O/c22-16-10-8-14(9-11-16)18-6-1-2-7-19(18)15-4-3-5-17(12-15)26-21(20(23)27)24-13-25-26/h1-13H,(H2,23,27). The van der Waals surface area contributed by atoms with Crippen LogP contribution in [0.5, 0.6) is 0 Å². The Morgan fingerprint density at radius 1 is 0.889 bits per heavy atom. The highest BCUT2D eigenvalue weighted by molar-refractivity contribution is 5.90. The number of hydrogen-bond acceptors (Lipinski definition) is 3. The van der Waals surface area contributed by atoms with Gasteiger partial charge in [-0.3, -0.25) is 4.79 Å². The molecule has 0 spiro atoms. The van der Waals surface area contributed by atoms with Gasteiger partial charge in [0, 0.05) is 0 Å². The van der Waals surface area contributed by atoms with Crippen LogP contribution in [-0.4, -0.2) is 20.7 Å². The van der Waals surface area contributed by atoms with Gasteiger partial charge in [-0.1, -0.05) is 48.5 Å². The second-order valence-corrected chi connectivity index (χ2v) is 5.96. The molecule has 4 aromatic rings. The maximum absolute atomic E-state index is 13.3. The number of carbonyl (C=O) groups is 1. The molecule has 0 bridgehead atoms. The molecule has 6 heteroatoms. The van der Waals surface area contributed by atoms with E-state index in [1.165, 1.54) is 23.1 Å². The average Bonchev–Trinajstić information content (AvgIpc) is 3.19. The zero-order chi connectivity index (χ0) is 18.8. The van der Waals surface area contributed by atoms with Crippen molar-refractivity contribution in [3.05, 3.63) is 90.8 Å². The molecule has 0 aliphatic carbocycles. The molecule has 2 N–H and O–H groups in total. The largest absolute Gasteiger partial charge is 0.363 e. The van der Waals surface area contributed by atoms with Crippen LogP contribution >= 0.6 is 0 Å². The van der Waals surface area contributed by atoms with Gasteiger partial charge in [-0.15, -0.1) is 0 Å². The van der Waals surface area contributed by atoms with Gasteiger partial charge in [-0.2, -0.15) is 5.10 Å². The monoisotopic (exact) mass is 358 g/mol. The van der Waals surface area contributed by atoms with Gasteiger partial charge >= 0.3 is 0 Å². The van der Waals surface area contributed by atoms with Gasteiger partial charge in [0.25, 0.3) is 5.91 Å². The fraction of sp³-hybridized carbons (Fsp3) is 0. The Kier molecular flexibility index (Phi) is 4.22. The molecule has 1 aromatic heterocycles. The number of halogens is 1. The van der Waals surface area contributed by atoms with E-state index in [1.54, 1.807) is 12.1 Å². The summed E-state index contributed by atoms with van der Waals surface area (Å²) in [6.45, 7) is 0. The number of carbonyl (C=O) groups excluding carboxylic acids is 1. The molecule has 4 rings (SSSR count). The lowest BCUT2D eigenvalue weighted by Crippen LogP contribution is -2.18. The molecule has 0 saturated carbocycles. The van der Waals surface area contributed by atoms with Crippen molar-refractivity contribution >= 4 is 5.91 Å². The van der Waals surface area contributed by atoms with Gasteiger partial charge < -0.3 is 5.73 Å². The van der Waals surface area contributed by atoms with Crippen LogP contribution in [0.3, 0.4) is 0 Å². The quantitative estimate of drug-likeness (QED) is 0.602. The molecule has 3 aromatic carbocycles. The van der Waals surface area contributed by atoms with E-state index in [0.29, 0.717) is 5.69 Å². The average molecular weight is 358 g/mol. The number of primary amides is 1. The predicted molar refractivity (Wildman–Crippen MR) is 101 cm³/mol.